The van der Waals surface area contributed by atoms with E-state index in [1.165, 1.54) is 19.0 Å². The number of aromatic carboxylic acids is 1. The van der Waals surface area contributed by atoms with E-state index in [0.29, 0.717) is 30.0 Å². The molecule has 3 aliphatic rings. The van der Waals surface area contributed by atoms with E-state index in [9.17, 15) is 19.5 Å². The monoisotopic (exact) mass is 755 g/mol. The Morgan fingerprint density at radius 3 is 1.41 bits per heavy atom. The van der Waals surface area contributed by atoms with Crippen LogP contribution >= 0.6 is 0 Å². The molecule has 19 heteroatoms. The summed E-state index contributed by atoms with van der Waals surface area (Å²) >= 11 is 0. The second-order valence-corrected chi connectivity index (χ2v) is 12.5. The van der Waals surface area contributed by atoms with Crippen molar-refractivity contribution >= 4 is 17.8 Å². The number of carboxylic acid groups (broad SMARTS) is 1. The summed E-state index contributed by atoms with van der Waals surface area (Å²) in [6, 6.07) is 0. The summed E-state index contributed by atoms with van der Waals surface area (Å²) in [5.74, 6) is -2.09. The fraction of sp³-hybridized carbons (Fsp3) is 0.314. The maximum absolute atomic E-state index is 11.9. The van der Waals surface area contributed by atoms with Crippen LogP contribution in [0.3, 0.4) is 0 Å². The number of hydrogen-bond donors (Lipinski definition) is 1. The minimum atomic E-state index is -1.24. The van der Waals surface area contributed by atoms with Crippen molar-refractivity contribution in [2.24, 2.45) is 26.9 Å². The van der Waals surface area contributed by atoms with Gasteiger partial charge in [-0.2, -0.15) is 15.3 Å². The van der Waals surface area contributed by atoms with Crippen molar-refractivity contribution in [1.29, 1.82) is 0 Å². The quantitative estimate of drug-likeness (QED) is 0.145. The van der Waals surface area contributed by atoms with Gasteiger partial charge in [0, 0.05) is 56.4 Å². The molecule has 0 spiro atoms. The van der Waals surface area contributed by atoms with E-state index in [4.69, 9.17) is 10.5 Å². The molecule has 0 atom stereocenters. The number of ether oxygens (including phenoxy) is 1. The van der Waals surface area contributed by atoms with Gasteiger partial charge in [-0.3, -0.25) is 18.8 Å². The van der Waals surface area contributed by atoms with Gasteiger partial charge in [0.25, 0.3) is 5.91 Å². The van der Waals surface area contributed by atoms with Gasteiger partial charge in [-0.05, 0) is 62.1 Å². The maximum Gasteiger partial charge on any atom is 1.00 e. The number of amides is 1. The molecule has 1 amide bonds. The van der Waals surface area contributed by atoms with E-state index >= 15 is 0 Å². The first kappa shape index (κ1) is 38.6. The topological polar surface area (TPSA) is 240 Å². The van der Waals surface area contributed by atoms with Gasteiger partial charge in [0.15, 0.2) is 11.4 Å². The molecule has 6 heterocycles. The molecule has 6 aromatic heterocycles. The first-order valence-corrected chi connectivity index (χ1v) is 16.8. The largest absolute Gasteiger partial charge is 1.00 e. The van der Waals surface area contributed by atoms with Crippen molar-refractivity contribution < 1.29 is 75.6 Å². The number of carboxylic acids is 1. The Bertz CT molecular complexity index is 2310. The number of carbonyl (C=O) groups excluding carboxylic acids is 3. The summed E-state index contributed by atoms with van der Waals surface area (Å²) < 4.78 is 9.96. The second kappa shape index (κ2) is 16.1. The Balaban J connectivity index is 0.000000137. The zero-order valence-electron chi connectivity index (χ0n) is 30.4. The Hall–Kier alpha value is -5.08. The van der Waals surface area contributed by atoms with Crippen molar-refractivity contribution in [2.45, 2.75) is 45.4 Å². The average Bonchev–Trinajstić information content (AvgIpc) is 3.83. The SMILES string of the molecule is CCOC(=O)c1nn(C)c2c1CCc1cncnc1-2.Cn1nc(C(=O)[O-])c2c1-c1ncncc1CC2.Cn1nc(C(N)=O)c2c1-c1ncncc1CC2.[K+]. The summed E-state index contributed by atoms with van der Waals surface area (Å²) in [5.41, 5.74) is 16.8. The predicted octanol–water partition coefficient (Wildman–Crippen LogP) is -2.43. The van der Waals surface area contributed by atoms with Crippen molar-refractivity contribution in [3.63, 3.8) is 0 Å². The number of aromatic nitrogens is 12. The number of primary amides is 1. The molecular weight excluding hydrogens is 722 g/mol. The zero-order valence-corrected chi connectivity index (χ0v) is 33.5. The molecule has 0 aliphatic heterocycles. The number of nitrogens with zero attached hydrogens (tertiary/aromatic N) is 12. The number of hydrogen-bond acceptors (Lipinski definition) is 14. The zero-order chi connectivity index (χ0) is 37.4. The van der Waals surface area contributed by atoms with Crippen LogP contribution in [0.15, 0.2) is 37.6 Å². The van der Waals surface area contributed by atoms with Gasteiger partial charge in [0.1, 0.15) is 24.7 Å². The molecule has 3 aliphatic carbocycles. The summed E-state index contributed by atoms with van der Waals surface area (Å²) in [5, 5.41) is 23.4. The molecule has 0 fully saturated rings. The standard InChI is InChI=1S/C13H14N4O2.C11H11N5O.C11H10N4O2.K/c1-3-19-13(18)11-9-5-4-8-6-14-7-15-10(8)12(9)17(2)16-11;1-16-10-7(9(15-16)11(12)17)3-2-6-4-13-5-14-8(6)10;1-15-10-7(9(14-15)11(16)17)3-2-6-4-12-5-13-8(6)10;/h6-7H,3-5H2,1-2H3;4-5H,2-3H2,1H3,(H2,12,17);4-5H,2-3H2,1H3,(H,16,17);/q;;;+1/p-1. The molecule has 0 saturated heterocycles. The van der Waals surface area contributed by atoms with Gasteiger partial charge in [-0.15, -0.1) is 0 Å². The van der Waals surface area contributed by atoms with Crippen LogP contribution in [-0.4, -0.2) is 83.7 Å². The van der Waals surface area contributed by atoms with Gasteiger partial charge >= 0.3 is 57.4 Å². The molecular formula is C35H34KN13O5. The number of rotatable bonds is 4. The van der Waals surface area contributed by atoms with Crippen LogP contribution in [0.1, 0.15) is 71.8 Å². The van der Waals surface area contributed by atoms with Crippen LogP contribution in [0, 0.1) is 0 Å². The van der Waals surface area contributed by atoms with E-state index in [1.807, 2.05) is 19.4 Å². The molecule has 270 valence electrons. The number of fused-ring (bicyclic) bond motifs is 9. The van der Waals surface area contributed by atoms with Gasteiger partial charge in [0.05, 0.1) is 46.7 Å². The summed E-state index contributed by atoms with van der Waals surface area (Å²) in [7, 11) is 5.32. The van der Waals surface area contributed by atoms with Crippen LogP contribution in [0.5, 0.6) is 0 Å². The third-order valence-corrected chi connectivity index (χ3v) is 9.30. The average molecular weight is 756 g/mol. The maximum atomic E-state index is 11.9. The number of nitrogens with two attached hydrogens (primary N) is 1. The van der Waals surface area contributed by atoms with Crippen LogP contribution < -0.4 is 62.2 Å². The number of aryl methyl sites for hydroxylation is 6. The fourth-order valence-electron chi connectivity index (χ4n) is 7.07. The second-order valence-electron chi connectivity index (χ2n) is 12.5. The Kier molecular flexibility index (Phi) is 11.5. The molecule has 54 heavy (non-hydrogen) atoms. The first-order valence-electron chi connectivity index (χ1n) is 16.8. The van der Waals surface area contributed by atoms with Crippen molar-refractivity contribution in [2.75, 3.05) is 6.61 Å². The van der Waals surface area contributed by atoms with E-state index in [1.54, 1.807) is 41.3 Å². The molecule has 0 saturated carbocycles. The summed E-state index contributed by atoms with van der Waals surface area (Å²) in [6.45, 7) is 2.14. The molecule has 0 bridgehead atoms. The van der Waals surface area contributed by atoms with Crippen LogP contribution in [-0.2, 0) is 64.4 Å². The third kappa shape index (κ3) is 7.11. The molecule has 18 nitrogen and oxygen atoms in total. The Labute approximate surface area is 351 Å². The van der Waals surface area contributed by atoms with E-state index < -0.39 is 11.9 Å². The van der Waals surface area contributed by atoms with Gasteiger partial charge in [-0.1, -0.05) is 0 Å². The summed E-state index contributed by atoms with van der Waals surface area (Å²) in [6.07, 6.45) is 14.4. The molecule has 0 unspecified atom stereocenters. The van der Waals surface area contributed by atoms with E-state index in [0.717, 1.165) is 94.1 Å². The third-order valence-electron chi connectivity index (χ3n) is 9.30. The van der Waals surface area contributed by atoms with E-state index in [2.05, 4.69) is 45.2 Å². The molecule has 2 N–H and O–H groups in total. The normalized spacial score (nSPS) is 12.7. The van der Waals surface area contributed by atoms with Gasteiger partial charge in [0.2, 0.25) is 0 Å². The molecule has 6 aromatic rings. The number of esters is 1. The number of carbonyl (C=O) groups is 3. The predicted molar refractivity (Wildman–Crippen MR) is 184 cm³/mol. The van der Waals surface area contributed by atoms with Crippen molar-refractivity contribution in [1.82, 2.24) is 59.2 Å². The minimum absolute atomic E-state index is 0. The van der Waals surface area contributed by atoms with E-state index in [-0.39, 0.29) is 63.0 Å². The molecule has 0 radical (unpaired) electrons. The summed E-state index contributed by atoms with van der Waals surface area (Å²) in [4.78, 5) is 59.0. The molecule has 9 rings (SSSR count). The fourth-order valence-corrected chi connectivity index (χ4v) is 7.07. The minimum Gasteiger partial charge on any atom is -0.543 e. The van der Waals surface area contributed by atoms with Gasteiger partial charge < -0.3 is 20.4 Å². The van der Waals surface area contributed by atoms with Crippen molar-refractivity contribution in [3.8, 4) is 34.2 Å². The van der Waals surface area contributed by atoms with Gasteiger partial charge in [-0.25, -0.2) is 34.7 Å². The van der Waals surface area contributed by atoms with Crippen molar-refractivity contribution in [3.05, 3.63) is 88.0 Å². The van der Waals surface area contributed by atoms with Crippen LogP contribution in [0.4, 0.5) is 0 Å². The molecule has 0 aromatic carbocycles. The Morgan fingerprint density at radius 2 is 1.02 bits per heavy atom. The first-order chi connectivity index (χ1) is 25.6. The van der Waals surface area contributed by atoms with Crippen LogP contribution in [0.2, 0.25) is 0 Å². The van der Waals surface area contributed by atoms with Crippen LogP contribution in [0.25, 0.3) is 34.2 Å². The Morgan fingerprint density at radius 1 is 0.648 bits per heavy atom. The smallest absolute Gasteiger partial charge is 0.543 e.